The van der Waals surface area contributed by atoms with Crippen molar-refractivity contribution in [3.05, 3.63) is 36.2 Å². The molecule has 2 saturated heterocycles. The highest BCUT2D eigenvalue weighted by molar-refractivity contribution is 5.46. The second-order valence-electron chi connectivity index (χ2n) is 8.36. The molecule has 2 aliphatic rings. The zero-order valence-corrected chi connectivity index (χ0v) is 17.1. The molecule has 2 aliphatic heterocycles. The van der Waals surface area contributed by atoms with Crippen LogP contribution in [0.3, 0.4) is 0 Å². The predicted octanol–water partition coefficient (Wildman–Crippen LogP) is 2.76. The Morgan fingerprint density at radius 1 is 1.11 bits per heavy atom. The van der Waals surface area contributed by atoms with Gasteiger partial charge >= 0.3 is 0 Å². The Hall–Kier alpha value is -1.99. The van der Waals surface area contributed by atoms with Crippen LogP contribution in [0.1, 0.15) is 45.0 Å². The lowest BCUT2D eigenvalue weighted by Crippen LogP contribution is -2.48. The van der Waals surface area contributed by atoms with E-state index in [0.717, 1.165) is 64.4 Å². The third-order valence-corrected chi connectivity index (χ3v) is 5.83. The number of para-hydroxylation sites is 1. The van der Waals surface area contributed by atoms with Crippen molar-refractivity contribution in [2.45, 2.75) is 51.8 Å². The van der Waals surface area contributed by atoms with Crippen molar-refractivity contribution >= 4 is 5.69 Å². The van der Waals surface area contributed by atoms with E-state index in [1.807, 2.05) is 4.68 Å². The van der Waals surface area contributed by atoms with Crippen molar-refractivity contribution in [2.24, 2.45) is 5.92 Å². The van der Waals surface area contributed by atoms with Crippen molar-refractivity contribution in [3.8, 4) is 0 Å². The summed E-state index contributed by atoms with van der Waals surface area (Å²) in [5.74, 6) is 1.59. The molecule has 3 heterocycles. The van der Waals surface area contributed by atoms with E-state index in [4.69, 9.17) is 4.74 Å². The minimum atomic E-state index is 0.247. The quantitative estimate of drug-likeness (QED) is 0.732. The Kier molecular flexibility index (Phi) is 6.22. The lowest BCUT2D eigenvalue weighted by atomic mass is 10.0. The van der Waals surface area contributed by atoms with Gasteiger partial charge in [-0.05, 0) is 47.7 Å². The van der Waals surface area contributed by atoms with Gasteiger partial charge in [-0.25, -0.2) is 4.68 Å². The Morgan fingerprint density at radius 2 is 1.89 bits per heavy atom. The van der Waals surface area contributed by atoms with Crippen LogP contribution in [0.5, 0.6) is 0 Å². The molecule has 1 aromatic carbocycles. The van der Waals surface area contributed by atoms with E-state index in [2.05, 4.69) is 69.5 Å². The Morgan fingerprint density at radius 3 is 2.57 bits per heavy atom. The van der Waals surface area contributed by atoms with Crippen LogP contribution in [0.4, 0.5) is 5.69 Å². The van der Waals surface area contributed by atoms with E-state index in [0.29, 0.717) is 5.92 Å². The van der Waals surface area contributed by atoms with Crippen LogP contribution in [0.25, 0.3) is 0 Å². The van der Waals surface area contributed by atoms with Crippen molar-refractivity contribution in [3.63, 3.8) is 0 Å². The van der Waals surface area contributed by atoms with E-state index in [9.17, 15) is 0 Å². The average Bonchev–Trinajstić information content (AvgIpc) is 3.39. The maximum atomic E-state index is 5.81. The Balaban J connectivity index is 1.46. The molecule has 4 rings (SSSR count). The second kappa shape index (κ2) is 9.01. The summed E-state index contributed by atoms with van der Waals surface area (Å²) < 4.78 is 7.81. The van der Waals surface area contributed by atoms with Gasteiger partial charge in [0.1, 0.15) is 0 Å². The first kappa shape index (κ1) is 19.3. The van der Waals surface area contributed by atoms with Crippen molar-refractivity contribution in [1.29, 1.82) is 0 Å². The van der Waals surface area contributed by atoms with E-state index in [1.165, 1.54) is 5.69 Å². The molecule has 1 aromatic heterocycles. The van der Waals surface area contributed by atoms with Crippen LogP contribution in [0, 0.1) is 5.92 Å². The molecule has 7 nitrogen and oxygen atoms in total. The molecule has 152 valence electrons. The molecule has 28 heavy (non-hydrogen) atoms. The Bertz CT molecular complexity index is 720. The smallest absolute Gasteiger partial charge is 0.168 e. The van der Waals surface area contributed by atoms with Crippen molar-refractivity contribution in [1.82, 2.24) is 25.1 Å². The van der Waals surface area contributed by atoms with Gasteiger partial charge in [-0.15, -0.1) is 5.10 Å². The number of tetrazole rings is 1. The largest absolute Gasteiger partial charge is 0.376 e. The number of hydrogen-bond donors (Lipinski definition) is 0. The minimum absolute atomic E-state index is 0.247. The summed E-state index contributed by atoms with van der Waals surface area (Å²) in [6.45, 7) is 10.3. The highest BCUT2D eigenvalue weighted by atomic mass is 16.5. The van der Waals surface area contributed by atoms with Crippen LogP contribution >= 0.6 is 0 Å². The summed E-state index contributed by atoms with van der Waals surface area (Å²) in [5, 5.41) is 12.8. The Labute approximate surface area is 167 Å². The summed E-state index contributed by atoms with van der Waals surface area (Å²) in [5.41, 5.74) is 1.31. The summed E-state index contributed by atoms with van der Waals surface area (Å²) in [6, 6.07) is 11.0. The summed E-state index contributed by atoms with van der Waals surface area (Å²) in [6.07, 6.45) is 3.55. The van der Waals surface area contributed by atoms with Gasteiger partial charge < -0.3 is 9.64 Å². The van der Waals surface area contributed by atoms with Crippen LogP contribution in [0.15, 0.2) is 30.3 Å². The number of rotatable bonds is 7. The normalized spacial score (nSPS) is 22.1. The van der Waals surface area contributed by atoms with Crippen LogP contribution < -0.4 is 4.90 Å². The number of nitrogens with zero attached hydrogens (tertiary/aromatic N) is 6. The molecule has 2 fully saturated rings. The maximum absolute atomic E-state index is 5.81. The van der Waals surface area contributed by atoms with Gasteiger partial charge in [0.15, 0.2) is 5.82 Å². The van der Waals surface area contributed by atoms with Gasteiger partial charge in [-0.2, -0.15) is 0 Å². The van der Waals surface area contributed by atoms with Gasteiger partial charge in [0, 0.05) is 38.5 Å². The van der Waals surface area contributed by atoms with Gasteiger partial charge in [0.2, 0.25) is 0 Å². The molecule has 0 bridgehead atoms. The fraction of sp³-hybridized carbons (Fsp3) is 0.667. The lowest BCUT2D eigenvalue weighted by molar-refractivity contribution is 0.0885. The third kappa shape index (κ3) is 4.52. The molecule has 7 heteroatoms. The van der Waals surface area contributed by atoms with Gasteiger partial charge in [0.05, 0.1) is 18.7 Å². The lowest BCUT2D eigenvalue weighted by Gasteiger charge is -2.40. The van der Waals surface area contributed by atoms with E-state index >= 15 is 0 Å². The third-order valence-electron chi connectivity index (χ3n) is 5.83. The van der Waals surface area contributed by atoms with Crippen molar-refractivity contribution < 1.29 is 4.74 Å². The van der Waals surface area contributed by atoms with Gasteiger partial charge in [-0.3, -0.25) is 4.90 Å². The SMILES string of the molecule is CC(C)CC(c1nnnn1CC1CCCO1)N1CCN(c2ccccc2)CC1. The topological polar surface area (TPSA) is 59.3 Å². The monoisotopic (exact) mass is 384 g/mol. The van der Waals surface area contributed by atoms with Gasteiger partial charge in [0.25, 0.3) is 0 Å². The van der Waals surface area contributed by atoms with E-state index < -0.39 is 0 Å². The molecule has 0 saturated carbocycles. The molecule has 0 radical (unpaired) electrons. The fourth-order valence-electron chi connectivity index (χ4n) is 4.36. The molecular formula is C21H32N6O. The molecule has 0 aliphatic carbocycles. The van der Waals surface area contributed by atoms with Crippen LogP contribution in [-0.2, 0) is 11.3 Å². The molecular weight excluding hydrogens is 352 g/mol. The molecule has 0 amide bonds. The van der Waals surface area contributed by atoms with Gasteiger partial charge in [-0.1, -0.05) is 32.0 Å². The zero-order chi connectivity index (χ0) is 19.3. The zero-order valence-electron chi connectivity index (χ0n) is 17.1. The van der Waals surface area contributed by atoms with E-state index in [1.54, 1.807) is 0 Å². The maximum Gasteiger partial charge on any atom is 0.168 e. The first-order valence-corrected chi connectivity index (χ1v) is 10.6. The molecule has 2 unspecified atom stereocenters. The van der Waals surface area contributed by atoms with Crippen LogP contribution in [0.2, 0.25) is 0 Å². The summed E-state index contributed by atoms with van der Waals surface area (Å²) in [7, 11) is 0. The summed E-state index contributed by atoms with van der Waals surface area (Å²) in [4.78, 5) is 5.04. The summed E-state index contributed by atoms with van der Waals surface area (Å²) >= 11 is 0. The highest BCUT2D eigenvalue weighted by Gasteiger charge is 2.30. The first-order valence-electron chi connectivity index (χ1n) is 10.6. The van der Waals surface area contributed by atoms with E-state index in [-0.39, 0.29) is 12.1 Å². The number of aromatic nitrogens is 4. The predicted molar refractivity (Wildman–Crippen MR) is 109 cm³/mol. The molecule has 2 aromatic rings. The molecule has 0 spiro atoms. The standard InChI is InChI=1S/C21H32N6O/c1-17(2)15-20(21-22-23-24-27(21)16-19-9-6-14-28-19)26-12-10-25(11-13-26)18-7-4-3-5-8-18/h3-5,7-8,17,19-20H,6,9-16H2,1-2H3. The molecule has 2 atom stereocenters. The minimum Gasteiger partial charge on any atom is -0.376 e. The second-order valence-corrected chi connectivity index (χ2v) is 8.36. The molecule has 0 N–H and O–H groups in total. The number of benzene rings is 1. The average molecular weight is 385 g/mol. The first-order chi connectivity index (χ1) is 13.7. The van der Waals surface area contributed by atoms with Crippen molar-refractivity contribution in [2.75, 3.05) is 37.7 Å². The number of anilines is 1. The number of hydrogen-bond acceptors (Lipinski definition) is 6. The highest BCUT2D eigenvalue weighted by Crippen LogP contribution is 2.29. The fourth-order valence-corrected chi connectivity index (χ4v) is 4.36. The number of ether oxygens (including phenoxy) is 1. The van der Waals surface area contributed by atoms with Crippen LogP contribution in [-0.4, -0.2) is 64.0 Å². The number of piperazine rings is 1.